The summed E-state index contributed by atoms with van der Waals surface area (Å²) in [6.07, 6.45) is 1.80. The molecule has 11 heavy (non-hydrogen) atoms. The lowest BCUT2D eigenvalue weighted by Crippen LogP contribution is -2.04. The molecule has 0 heterocycles. The molecule has 1 aliphatic carbocycles. The van der Waals surface area contributed by atoms with Crippen molar-refractivity contribution in [3.63, 3.8) is 0 Å². The predicted octanol–water partition coefficient (Wildman–Crippen LogP) is 2.11. The summed E-state index contributed by atoms with van der Waals surface area (Å²) < 4.78 is 12.7. The molecular formula is C8H11FO2. The van der Waals surface area contributed by atoms with E-state index in [1.165, 1.54) is 0 Å². The van der Waals surface area contributed by atoms with Gasteiger partial charge in [-0.25, -0.2) is 4.79 Å². The van der Waals surface area contributed by atoms with Crippen molar-refractivity contribution in [1.82, 2.24) is 0 Å². The summed E-state index contributed by atoms with van der Waals surface area (Å²) in [7, 11) is 0. The van der Waals surface area contributed by atoms with Gasteiger partial charge in [0.05, 0.1) is 0 Å². The Balaban J connectivity index is 2.86. The first-order valence-electron chi connectivity index (χ1n) is 3.57. The van der Waals surface area contributed by atoms with Crippen LogP contribution in [0.2, 0.25) is 0 Å². The fourth-order valence-electron chi connectivity index (χ4n) is 0.988. The van der Waals surface area contributed by atoms with Crippen LogP contribution in [0.25, 0.3) is 0 Å². The fraction of sp³-hybridized carbons (Fsp3) is 0.625. The summed E-state index contributed by atoms with van der Waals surface area (Å²) in [6.45, 7) is 3.43. The molecule has 0 atom stereocenters. The van der Waals surface area contributed by atoms with E-state index in [0.717, 1.165) is 12.8 Å². The molecule has 0 bridgehead atoms. The van der Waals surface area contributed by atoms with Crippen LogP contribution in [0.1, 0.15) is 26.7 Å². The first kappa shape index (κ1) is 8.24. The van der Waals surface area contributed by atoms with E-state index < -0.39 is 11.8 Å². The van der Waals surface area contributed by atoms with Gasteiger partial charge in [-0.3, -0.25) is 0 Å². The fourth-order valence-corrected chi connectivity index (χ4v) is 0.988. The van der Waals surface area contributed by atoms with E-state index in [0.29, 0.717) is 5.57 Å². The highest BCUT2D eigenvalue weighted by Crippen LogP contribution is 2.52. The normalized spacial score (nSPS) is 22.5. The van der Waals surface area contributed by atoms with Gasteiger partial charge in [0.1, 0.15) is 0 Å². The molecular weight excluding hydrogens is 147 g/mol. The van der Waals surface area contributed by atoms with Crippen molar-refractivity contribution in [2.75, 3.05) is 0 Å². The third-order valence-corrected chi connectivity index (χ3v) is 2.42. The average molecular weight is 158 g/mol. The highest BCUT2D eigenvalue weighted by Gasteiger charge is 2.41. The number of aliphatic carboxylic acids is 1. The number of carboxylic acids is 1. The minimum absolute atomic E-state index is 0.164. The van der Waals surface area contributed by atoms with Crippen molar-refractivity contribution < 1.29 is 14.3 Å². The van der Waals surface area contributed by atoms with E-state index in [4.69, 9.17) is 5.11 Å². The molecule has 1 N–H and O–H groups in total. The SMILES string of the molecule is CC(=C(F)C(=O)O)C1(C)CC1. The third-order valence-electron chi connectivity index (χ3n) is 2.42. The molecule has 0 saturated heterocycles. The number of hydrogen-bond acceptors (Lipinski definition) is 1. The number of rotatable bonds is 2. The van der Waals surface area contributed by atoms with Gasteiger partial charge in [0, 0.05) is 0 Å². The van der Waals surface area contributed by atoms with Gasteiger partial charge in [0.2, 0.25) is 5.83 Å². The van der Waals surface area contributed by atoms with Crippen LogP contribution < -0.4 is 0 Å². The van der Waals surface area contributed by atoms with Crippen LogP contribution in [0.3, 0.4) is 0 Å². The Morgan fingerprint density at radius 2 is 2.00 bits per heavy atom. The van der Waals surface area contributed by atoms with Crippen LogP contribution in [-0.2, 0) is 4.79 Å². The van der Waals surface area contributed by atoms with Gasteiger partial charge in [-0.05, 0) is 30.8 Å². The van der Waals surface area contributed by atoms with E-state index in [1.807, 2.05) is 6.92 Å². The zero-order valence-electron chi connectivity index (χ0n) is 6.65. The summed E-state index contributed by atoms with van der Waals surface area (Å²) in [6, 6.07) is 0. The van der Waals surface area contributed by atoms with Crippen LogP contribution in [-0.4, -0.2) is 11.1 Å². The number of hydrogen-bond donors (Lipinski definition) is 1. The Labute approximate surface area is 64.7 Å². The molecule has 0 spiro atoms. The molecule has 1 rings (SSSR count). The number of allylic oxidation sites excluding steroid dienone is 1. The van der Waals surface area contributed by atoms with Gasteiger partial charge in [-0.2, -0.15) is 4.39 Å². The van der Waals surface area contributed by atoms with Crippen LogP contribution in [0, 0.1) is 5.41 Å². The molecule has 0 radical (unpaired) electrons. The maximum atomic E-state index is 12.7. The van der Waals surface area contributed by atoms with Crippen LogP contribution in [0.15, 0.2) is 11.4 Å². The maximum Gasteiger partial charge on any atom is 0.364 e. The van der Waals surface area contributed by atoms with Gasteiger partial charge in [-0.1, -0.05) is 6.92 Å². The van der Waals surface area contributed by atoms with Gasteiger partial charge >= 0.3 is 5.97 Å². The van der Waals surface area contributed by atoms with Gasteiger partial charge < -0.3 is 5.11 Å². The highest BCUT2D eigenvalue weighted by molar-refractivity contribution is 5.85. The van der Waals surface area contributed by atoms with Gasteiger partial charge in [-0.15, -0.1) is 0 Å². The summed E-state index contributed by atoms with van der Waals surface area (Å²) in [5, 5.41) is 8.31. The van der Waals surface area contributed by atoms with E-state index >= 15 is 0 Å². The molecule has 1 aliphatic rings. The molecule has 1 saturated carbocycles. The first-order chi connectivity index (χ1) is 4.97. The van der Waals surface area contributed by atoms with E-state index in [-0.39, 0.29) is 5.41 Å². The summed E-state index contributed by atoms with van der Waals surface area (Å²) in [4.78, 5) is 10.2. The Morgan fingerprint density at radius 3 is 2.27 bits per heavy atom. The van der Waals surface area contributed by atoms with E-state index in [2.05, 4.69) is 0 Å². The van der Waals surface area contributed by atoms with Crippen LogP contribution in [0.4, 0.5) is 4.39 Å². The second-order valence-electron chi connectivity index (χ2n) is 3.30. The zero-order valence-corrected chi connectivity index (χ0v) is 6.65. The van der Waals surface area contributed by atoms with Crippen molar-refractivity contribution in [2.45, 2.75) is 26.7 Å². The lowest BCUT2D eigenvalue weighted by molar-refractivity contribution is -0.134. The third kappa shape index (κ3) is 1.42. The Kier molecular flexibility index (Phi) is 1.74. The maximum absolute atomic E-state index is 12.7. The molecule has 0 unspecified atom stereocenters. The monoisotopic (exact) mass is 158 g/mol. The lowest BCUT2D eigenvalue weighted by Gasteiger charge is -2.07. The topological polar surface area (TPSA) is 37.3 Å². The second-order valence-corrected chi connectivity index (χ2v) is 3.30. The Hall–Kier alpha value is -0.860. The van der Waals surface area contributed by atoms with Crippen LogP contribution >= 0.6 is 0 Å². The summed E-state index contributed by atoms with van der Waals surface area (Å²) in [5.74, 6) is -2.43. The molecule has 3 heteroatoms. The standard InChI is InChI=1S/C8H11FO2/c1-5(6(9)7(10)11)8(2)3-4-8/h3-4H2,1-2H3,(H,10,11). The van der Waals surface area contributed by atoms with Crippen molar-refractivity contribution >= 4 is 5.97 Å². The largest absolute Gasteiger partial charge is 0.476 e. The first-order valence-corrected chi connectivity index (χ1v) is 3.57. The number of halogens is 1. The smallest absolute Gasteiger partial charge is 0.364 e. The molecule has 0 aromatic carbocycles. The summed E-state index contributed by atoms with van der Waals surface area (Å²) in [5.41, 5.74) is 0.215. The molecule has 0 aromatic rings. The highest BCUT2D eigenvalue weighted by atomic mass is 19.1. The molecule has 0 aliphatic heterocycles. The molecule has 0 aromatic heterocycles. The van der Waals surface area contributed by atoms with Gasteiger partial charge in [0.25, 0.3) is 0 Å². The minimum atomic E-state index is -1.45. The summed E-state index contributed by atoms with van der Waals surface area (Å²) >= 11 is 0. The molecule has 62 valence electrons. The molecule has 2 nitrogen and oxygen atoms in total. The second kappa shape index (κ2) is 2.32. The minimum Gasteiger partial charge on any atom is -0.476 e. The lowest BCUT2D eigenvalue weighted by atomic mass is 9.99. The van der Waals surface area contributed by atoms with E-state index in [9.17, 15) is 9.18 Å². The zero-order chi connectivity index (χ0) is 8.65. The van der Waals surface area contributed by atoms with Crippen LogP contribution in [0.5, 0.6) is 0 Å². The van der Waals surface area contributed by atoms with E-state index in [1.54, 1.807) is 6.92 Å². The predicted molar refractivity (Wildman–Crippen MR) is 38.8 cm³/mol. The van der Waals surface area contributed by atoms with Crippen molar-refractivity contribution in [3.8, 4) is 0 Å². The number of carboxylic acid groups (broad SMARTS) is 1. The number of carbonyl (C=O) groups is 1. The Bertz CT molecular complexity index is 226. The Morgan fingerprint density at radius 1 is 1.55 bits per heavy atom. The van der Waals surface area contributed by atoms with Gasteiger partial charge in [0.15, 0.2) is 0 Å². The molecule has 0 amide bonds. The van der Waals surface area contributed by atoms with Crippen molar-refractivity contribution in [2.24, 2.45) is 5.41 Å². The quantitative estimate of drug-likeness (QED) is 0.625. The average Bonchev–Trinajstić information content (AvgIpc) is 2.66. The van der Waals surface area contributed by atoms with Crippen molar-refractivity contribution in [1.29, 1.82) is 0 Å². The van der Waals surface area contributed by atoms with Crippen molar-refractivity contribution in [3.05, 3.63) is 11.4 Å². The molecule has 1 fully saturated rings.